The molecule has 3 rings (SSSR count). The van der Waals surface area contributed by atoms with Crippen LogP contribution in [0.25, 0.3) is 5.70 Å². The lowest BCUT2D eigenvalue weighted by molar-refractivity contribution is 0.250. The molecule has 0 saturated heterocycles. The van der Waals surface area contributed by atoms with Crippen LogP contribution in [0.5, 0.6) is 0 Å². The molecule has 1 unspecified atom stereocenters. The fraction of sp³-hybridized carbons (Fsp3) is 0.350. The molecular formula is C20H24FN5. The Balaban J connectivity index is 1.90. The fourth-order valence-corrected chi connectivity index (χ4v) is 3.30. The minimum absolute atomic E-state index is 0.0144. The molecule has 0 bridgehead atoms. The Kier molecular flexibility index (Phi) is 4.76. The van der Waals surface area contributed by atoms with Crippen LogP contribution in [0, 0.1) is 12.7 Å². The molecule has 1 aliphatic rings. The highest BCUT2D eigenvalue weighted by Gasteiger charge is 2.30. The summed E-state index contributed by atoms with van der Waals surface area (Å²) in [6, 6.07) is 5.21. The van der Waals surface area contributed by atoms with Crippen LogP contribution in [-0.2, 0) is 6.54 Å². The Morgan fingerprint density at radius 1 is 1.23 bits per heavy atom. The Morgan fingerprint density at radius 2 is 1.96 bits per heavy atom. The molecule has 5 nitrogen and oxygen atoms in total. The number of hydrogen-bond donors (Lipinski definition) is 0. The lowest BCUT2D eigenvalue weighted by atomic mass is 10.1. The van der Waals surface area contributed by atoms with Gasteiger partial charge in [0.05, 0.1) is 11.8 Å². The van der Waals surface area contributed by atoms with Gasteiger partial charge in [-0.1, -0.05) is 25.3 Å². The van der Waals surface area contributed by atoms with E-state index in [4.69, 9.17) is 0 Å². The molecule has 2 heterocycles. The van der Waals surface area contributed by atoms with Crippen molar-refractivity contribution in [3.8, 4) is 0 Å². The predicted molar refractivity (Wildman–Crippen MR) is 102 cm³/mol. The van der Waals surface area contributed by atoms with Gasteiger partial charge in [0.2, 0.25) is 0 Å². The van der Waals surface area contributed by atoms with Crippen molar-refractivity contribution >= 4 is 11.4 Å². The molecule has 0 N–H and O–H groups in total. The molecule has 26 heavy (non-hydrogen) atoms. The summed E-state index contributed by atoms with van der Waals surface area (Å²) in [5.74, 6) is 1.41. The zero-order valence-electron chi connectivity index (χ0n) is 15.8. The Morgan fingerprint density at radius 3 is 2.62 bits per heavy atom. The van der Waals surface area contributed by atoms with Gasteiger partial charge >= 0.3 is 0 Å². The number of benzene rings is 1. The number of hydrogen-bond acceptors (Lipinski definition) is 4. The van der Waals surface area contributed by atoms with Crippen LogP contribution < -0.4 is 0 Å². The second kappa shape index (κ2) is 6.86. The lowest BCUT2D eigenvalue weighted by Crippen LogP contribution is -2.36. The van der Waals surface area contributed by atoms with E-state index in [1.807, 2.05) is 19.9 Å². The van der Waals surface area contributed by atoms with Gasteiger partial charge in [0.15, 0.2) is 11.6 Å². The summed E-state index contributed by atoms with van der Waals surface area (Å²) in [6.45, 7) is 17.1. The first kappa shape index (κ1) is 18.0. The molecular weight excluding hydrogens is 329 g/mol. The maximum Gasteiger partial charge on any atom is 0.178 e. The molecule has 0 spiro atoms. The van der Waals surface area contributed by atoms with Gasteiger partial charge in [-0.3, -0.25) is 4.99 Å². The van der Waals surface area contributed by atoms with Crippen LogP contribution in [0.3, 0.4) is 0 Å². The molecule has 1 aromatic carbocycles. The van der Waals surface area contributed by atoms with Crippen molar-refractivity contribution in [2.75, 3.05) is 6.54 Å². The van der Waals surface area contributed by atoms with E-state index in [-0.39, 0.29) is 11.9 Å². The number of aromatic nitrogens is 3. The summed E-state index contributed by atoms with van der Waals surface area (Å²) < 4.78 is 16.0. The number of nitrogens with zero attached hydrogens (tertiary/aromatic N) is 5. The van der Waals surface area contributed by atoms with Gasteiger partial charge in [0.1, 0.15) is 5.82 Å². The first-order chi connectivity index (χ1) is 12.3. The van der Waals surface area contributed by atoms with E-state index in [1.54, 1.807) is 19.1 Å². The highest BCUT2D eigenvalue weighted by molar-refractivity contribution is 5.96. The monoisotopic (exact) mass is 353 g/mol. The molecule has 1 aromatic heterocycles. The van der Waals surface area contributed by atoms with Gasteiger partial charge in [0.25, 0.3) is 0 Å². The fourth-order valence-electron chi connectivity index (χ4n) is 3.30. The molecule has 0 amide bonds. The smallest absolute Gasteiger partial charge is 0.178 e. The average Bonchev–Trinajstić information content (AvgIpc) is 3.01. The number of fused-ring (bicyclic) bond motifs is 1. The molecule has 2 aromatic rings. The van der Waals surface area contributed by atoms with E-state index < -0.39 is 0 Å². The van der Waals surface area contributed by atoms with Gasteiger partial charge < -0.3 is 9.47 Å². The quantitative estimate of drug-likeness (QED) is 0.777. The van der Waals surface area contributed by atoms with Gasteiger partial charge in [-0.15, -0.1) is 10.2 Å². The van der Waals surface area contributed by atoms with E-state index in [2.05, 4.69) is 44.7 Å². The second-order valence-electron chi connectivity index (χ2n) is 6.75. The molecule has 0 radical (unpaired) electrons. The summed E-state index contributed by atoms with van der Waals surface area (Å²) in [4.78, 5) is 6.54. The Hall–Kier alpha value is -2.76. The Labute approximate surface area is 153 Å². The van der Waals surface area contributed by atoms with E-state index in [1.165, 1.54) is 0 Å². The first-order valence-corrected chi connectivity index (χ1v) is 8.66. The van der Waals surface area contributed by atoms with Gasteiger partial charge in [-0.2, -0.15) is 0 Å². The summed E-state index contributed by atoms with van der Waals surface area (Å²) >= 11 is 0. The minimum Gasteiger partial charge on any atom is -0.360 e. The zero-order chi connectivity index (χ0) is 19.0. The Bertz CT molecular complexity index is 909. The normalized spacial score (nSPS) is 17.2. The molecule has 6 heteroatoms. The first-order valence-electron chi connectivity index (χ1n) is 8.66. The molecule has 1 aliphatic heterocycles. The molecule has 1 atom stereocenters. The van der Waals surface area contributed by atoms with Crippen molar-refractivity contribution in [1.29, 1.82) is 0 Å². The third-order valence-corrected chi connectivity index (χ3v) is 4.72. The van der Waals surface area contributed by atoms with Crippen molar-refractivity contribution in [2.45, 2.75) is 40.3 Å². The SMILES string of the molecule is C=C(C)N=C(C)c1nnc2n1CCN(C(=C)c1ccc(C)c(F)c1)C2C. The van der Waals surface area contributed by atoms with Crippen molar-refractivity contribution in [3.05, 3.63) is 65.6 Å². The highest BCUT2D eigenvalue weighted by atomic mass is 19.1. The van der Waals surface area contributed by atoms with E-state index in [0.717, 1.165) is 47.4 Å². The number of aliphatic imine (C=N–C) groups is 1. The largest absolute Gasteiger partial charge is 0.360 e. The summed E-state index contributed by atoms with van der Waals surface area (Å²) in [6.07, 6.45) is 0. The number of allylic oxidation sites excluding steroid dienone is 1. The highest BCUT2D eigenvalue weighted by Crippen LogP contribution is 2.32. The molecule has 0 fully saturated rings. The van der Waals surface area contributed by atoms with E-state index in [9.17, 15) is 4.39 Å². The van der Waals surface area contributed by atoms with E-state index in [0.29, 0.717) is 5.56 Å². The molecule has 0 saturated carbocycles. The van der Waals surface area contributed by atoms with Gasteiger partial charge in [-0.05, 0) is 39.3 Å². The summed E-state index contributed by atoms with van der Waals surface area (Å²) in [5.41, 5.74) is 3.74. The van der Waals surface area contributed by atoms with Crippen LogP contribution in [0.2, 0.25) is 0 Å². The van der Waals surface area contributed by atoms with Crippen molar-refractivity contribution < 1.29 is 4.39 Å². The average molecular weight is 353 g/mol. The predicted octanol–water partition coefficient (Wildman–Crippen LogP) is 4.12. The summed E-state index contributed by atoms with van der Waals surface area (Å²) in [5, 5.41) is 8.69. The number of aryl methyl sites for hydroxylation is 1. The van der Waals surface area contributed by atoms with Gasteiger partial charge in [0, 0.05) is 30.0 Å². The maximum absolute atomic E-state index is 13.9. The molecule has 136 valence electrons. The molecule has 0 aliphatic carbocycles. The topological polar surface area (TPSA) is 46.3 Å². The standard InChI is InChI=1S/C20H24FN5/c1-12(2)22-14(4)19-23-24-20-16(6)25(9-10-26(19)20)15(5)17-8-7-13(3)18(21)11-17/h7-8,11,16H,1,5,9-10H2,2-4,6H3. The second-order valence-corrected chi connectivity index (χ2v) is 6.75. The van der Waals surface area contributed by atoms with Crippen LogP contribution in [-0.4, -0.2) is 31.9 Å². The number of halogens is 1. The number of rotatable bonds is 4. The van der Waals surface area contributed by atoms with Crippen LogP contribution >= 0.6 is 0 Å². The van der Waals surface area contributed by atoms with Crippen LogP contribution in [0.1, 0.15) is 49.6 Å². The summed E-state index contributed by atoms with van der Waals surface area (Å²) in [7, 11) is 0. The van der Waals surface area contributed by atoms with Crippen molar-refractivity contribution in [2.24, 2.45) is 4.99 Å². The minimum atomic E-state index is -0.217. The zero-order valence-corrected chi connectivity index (χ0v) is 15.8. The van der Waals surface area contributed by atoms with Crippen LogP contribution in [0.4, 0.5) is 4.39 Å². The van der Waals surface area contributed by atoms with Crippen molar-refractivity contribution in [1.82, 2.24) is 19.7 Å². The van der Waals surface area contributed by atoms with Crippen molar-refractivity contribution in [3.63, 3.8) is 0 Å². The lowest BCUT2D eigenvalue weighted by Gasteiger charge is -2.36. The van der Waals surface area contributed by atoms with Gasteiger partial charge in [-0.25, -0.2) is 4.39 Å². The third kappa shape index (κ3) is 3.19. The third-order valence-electron chi connectivity index (χ3n) is 4.72. The van der Waals surface area contributed by atoms with E-state index >= 15 is 0 Å². The van der Waals surface area contributed by atoms with Crippen LogP contribution in [0.15, 0.2) is 42.0 Å². The maximum atomic E-state index is 13.9.